The molecule has 0 saturated heterocycles. The van der Waals surface area contributed by atoms with Gasteiger partial charge in [-0.2, -0.15) is 0 Å². The van der Waals surface area contributed by atoms with Crippen molar-refractivity contribution < 1.29 is 9.53 Å². The van der Waals surface area contributed by atoms with Crippen LogP contribution in [-0.2, 0) is 11.2 Å². The number of nitrogens with two attached hydrogens (primary N) is 1. The second-order valence-corrected chi connectivity index (χ2v) is 5.65. The lowest BCUT2D eigenvalue weighted by atomic mass is 10.2. The van der Waals surface area contributed by atoms with Gasteiger partial charge in [0, 0.05) is 6.42 Å². The summed E-state index contributed by atoms with van der Waals surface area (Å²) in [5.74, 6) is -0.300. The quantitative estimate of drug-likeness (QED) is 0.822. The average molecular weight is 242 g/mol. The summed E-state index contributed by atoms with van der Waals surface area (Å²) in [6, 6.07) is 0. The van der Waals surface area contributed by atoms with Crippen molar-refractivity contribution in [2.24, 2.45) is 5.73 Å². The van der Waals surface area contributed by atoms with Crippen LogP contribution in [0.2, 0.25) is 0 Å². The third-order valence-electron chi connectivity index (χ3n) is 1.78. The van der Waals surface area contributed by atoms with E-state index in [4.69, 9.17) is 10.5 Å². The van der Waals surface area contributed by atoms with Gasteiger partial charge in [-0.3, -0.25) is 0 Å². The van der Waals surface area contributed by atoms with Crippen LogP contribution < -0.4 is 5.73 Å². The Bertz CT molecular complexity index is 380. The van der Waals surface area contributed by atoms with Gasteiger partial charge in [0.25, 0.3) is 0 Å². The largest absolute Gasteiger partial charge is 0.456 e. The molecule has 0 radical (unpaired) electrons. The highest BCUT2D eigenvalue weighted by molar-refractivity contribution is 7.13. The van der Waals surface area contributed by atoms with E-state index in [1.807, 2.05) is 27.7 Å². The van der Waals surface area contributed by atoms with Crippen molar-refractivity contribution in [3.05, 3.63) is 15.6 Å². The van der Waals surface area contributed by atoms with Crippen molar-refractivity contribution in [1.82, 2.24) is 4.98 Å². The summed E-state index contributed by atoms with van der Waals surface area (Å²) >= 11 is 1.37. The number of carbonyl (C=O) groups is 1. The summed E-state index contributed by atoms with van der Waals surface area (Å²) in [5.41, 5.74) is 5.70. The second-order valence-electron chi connectivity index (χ2n) is 4.56. The lowest BCUT2D eigenvalue weighted by molar-refractivity contribution is 0.00742. The van der Waals surface area contributed by atoms with Gasteiger partial charge < -0.3 is 10.5 Å². The zero-order valence-corrected chi connectivity index (χ0v) is 11.0. The van der Waals surface area contributed by atoms with Crippen molar-refractivity contribution in [3.63, 3.8) is 0 Å². The van der Waals surface area contributed by atoms with Crippen LogP contribution in [0.15, 0.2) is 0 Å². The van der Waals surface area contributed by atoms with Crippen molar-refractivity contribution in [2.45, 2.75) is 39.7 Å². The molecule has 0 atom stereocenters. The number of carbonyl (C=O) groups excluding carboxylic acids is 1. The van der Waals surface area contributed by atoms with Crippen molar-refractivity contribution in [2.75, 3.05) is 6.54 Å². The molecule has 1 aromatic rings. The Labute approximate surface area is 99.8 Å². The van der Waals surface area contributed by atoms with Gasteiger partial charge in [0.15, 0.2) is 0 Å². The fourth-order valence-corrected chi connectivity index (χ4v) is 2.15. The first-order valence-electron chi connectivity index (χ1n) is 5.23. The first kappa shape index (κ1) is 13.1. The van der Waals surface area contributed by atoms with E-state index in [0.717, 1.165) is 10.7 Å². The van der Waals surface area contributed by atoms with E-state index in [9.17, 15) is 4.79 Å². The molecule has 1 heterocycles. The molecule has 0 aliphatic carbocycles. The zero-order chi connectivity index (χ0) is 12.3. The van der Waals surface area contributed by atoms with Gasteiger partial charge in [-0.1, -0.05) is 0 Å². The fraction of sp³-hybridized carbons (Fsp3) is 0.636. The molecule has 0 amide bonds. The van der Waals surface area contributed by atoms with Gasteiger partial charge in [-0.05, 0) is 34.2 Å². The number of thiazole rings is 1. The van der Waals surface area contributed by atoms with E-state index in [1.54, 1.807) is 0 Å². The SMILES string of the molecule is Cc1nc(CCN)sc1C(=O)OC(C)(C)C. The maximum atomic E-state index is 11.8. The number of aryl methyl sites for hydroxylation is 1. The number of nitrogens with zero attached hydrogens (tertiary/aromatic N) is 1. The summed E-state index contributed by atoms with van der Waals surface area (Å²) in [5, 5.41) is 0.890. The molecule has 0 aliphatic rings. The summed E-state index contributed by atoms with van der Waals surface area (Å²) < 4.78 is 5.30. The van der Waals surface area contributed by atoms with Gasteiger partial charge in [0.05, 0.1) is 10.7 Å². The number of rotatable bonds is 3. The molecular formula is C11H18N2O2S. The van der Waals surface area contributed by atoms with E-state index in [-0.39, 0.29) is 5.97 Å². The number of hydrogen-bond donors (Lipinski definition) is 1. The van der Waals surface area contributed by atoms with Crippen LogP contribution in [0.3, 0.4) is 0 Å². The first-order valence-corrected chi connectivity index (χ1v) is 6.05. The maximum Gasteiger partial charge on any atom is 0.350 e. The van der Waals surface area contributed by atoms with Crippen LogP contribution in [0, 0.1) is 6.92 Å². The van der Waals surface area contributed by atoms with Crippen molar-refractivity contribution in [3.8, 4) is 0 Å². The molecule has 2 N–H and O–H groups in total. The lowest BCUT2D eigenvalue weighted by Gasteiger charge is -2.18. The number of hydrogen-bond acceptors (Lipinski definition) is 5. The van der Waals surface area contributed by atoms with Crippen LogP contribution in [0.1, 0.15) is 41.1 Å². The molecule has 0 fully saturated rings. The minimum atomic E-state index is -0.471. The standard InChI is InChI=1S/C11H18N2O2S/c1-7-9(10(14)15-11(2,3)4)16-8(13-7)5-6-12/h5-6,12H2,1-4H3. The van der Waals surface area contributed by atoms with E-state index in [2.05, 4.69) is 4.98 Å². The molecule has 90 valence electrons. The Morgan fingerprint density at radius 2 is 2.12 bits per heavy atom. The van der Waals surface area contributed by atoms with Crippen LogP contribution in [0.25, 0.3) is 0 Å². The Balaban J connectivity index is 2.83. The highest BCUT2D eigenvalue weighted by atomic mass is 32.1. The Kier molecular flexibility index (Phi) is 4.04. The molecule has 0 saturated carbocycles. The average Bonchev–Trinajstić information content (AvgIpc) is 2.44. The van der Waals surface area contributed by atoms with Crippen LogP contribution in [0.5, 0.6) is 0 Å². The molecule has 1 rings (SSSR count). The van der Waals surface area contributed by atoms with E-state index < -0.39 is 5.60 Å². The third kappa shape index (κ3) is 3.57. The summed E-state index contributed by atoms with van der Waals surface area (Å²) in [6.45, 7) is 7.91. The molecule has 0 unspecified atom stereocenters. The first-order chi connectivity index (χ1) is 7.33. The second kappa shape index (κ2) is 4.93. The van der Waals surface area contributed by atoms with Crippen molar-refractivity contribution in [1.29, 1.82) is 0 Å². The lowest BCUT2D eigenvalue weighted by Crippen LogP contribution is -2.23. The number of esters is 1. The summed E-state index contributed by atoms with van der Waals surface area (Å²) in [4.78, 5) is 16.7. The summed E-state index contributed by atoms with van der Waals surface area (Å²) in [7, 11) is 0. The smallest absolute Gasteiger partial charge is 0.350 e. The molecule has 0 aliphatic heterocycles. The maximum absolute atomic E-state index is 11.8. The molecular weight excluding hydrogens is 224 g/mol. The van der Waals surface area contributed by atoms with Gasteiger partial charge in [0.2, 0.25) is 0 Å². The Morgan fingerprint density at radius 1 is 1.50 bits per heavy atom. The van der Waals surface area contributed by atoms with Crippen LogP contribution in [-0.4, -0.2) is 23.1 Å². The molecule has 1 aromatic heterocycles. The predicted molar refractivity (Wildman–Crippen MR) is 64.8 cm³/mol. The summed E-state index contributed by atoms with van der Waals surface area (Å²) in [6.07, 6.45) is 0.703. The predicted octanol–water partition coefficient (Wildman–Crippen LogP) is 1.91. The number of ether oxygens (including phenoxy) is 1. The van der Waals surface area contributed by atoms with E-state index >= 15 is 0 Å². The topological polar surface area (TPSA) is 65.2 Å². The molecule has 4 nitrogen and oxygen atoms in total. The van der Waals surface area contributed by atoms with Crippen molar-refractivity contribution >= 4 is 17.3 Å². The normalized spacial score (nSPS) is 11.6. The van der Waals surface area contributed by atoms with Gasteiger partial charge in [-0.15, -0.1) is 11.3 Å². The minimum Gasteiger partial charge on any atom is -0.456 e. The Morgan fingerprint density at radius 3 is 2.62 bits per heavy atom. The molecule has 16 heavy (non-hydrogen) atoms. The molecule has 0 bridgehead atoms. The van der Waals surface area contributed by atoms with Gasteiger partial charge >= 0.3 is 5.97 Å². The van der Waals surface area contributed by atoms with E-state index in [1.165, 1.54) is 11.3 Å². The minimum absolute atomic E-state index is 0.300. The van der Waals surface area contributed by atoms with Gasteiger partial charge in [0.1, 0.15) is 10.5 Å². The van der Waals surface area contributed by atoms with Crippen LogP contribution in [0.4, 0.5) is 0 Å². The Hall–Kier alpha value is -0.940. The number of aromatic nitrogens is 1. The highest BCUT2D eigenvalue weighted by Crippen LogP contribution is 2.21. The monoisotopic (exact) mass is 242 g/mol. The molecule has 0 aromatic carbocycles. The fourth-order valence-electron chi connectivity index (χ4n) is 1.20. The highest BCUT2D eigenvalue weighted by Gasteiger charge is 2.22. The third-order valence-corrected chi connectivity index (χ3v) is 2.98. The zero-order valence-electron chi connectivity index (χ0n) is 10.2. The van der Waals surface area contributed by atoms with E-state index in [0.29, 0.717) is 17.8 Å². The van der Waals surface area contributed by atoms with Crippen LogP contribution >= 0.6 is 11.3 Å². The molecule has 0 spiro atoms. The molecule has 5 heteroatoms. The van der Waals surface area contributed by atoms with Gasteiger partial charge in [-0.25, -0.2) is 9.78 Å².